The molecule has 2 aliphatic carbocycles. The predicted molar refractivity (Wildman–Crippen MR) is 130 cm³/mol. The number of ether oxygens (including phenoxy) is 1. The van der Waals surface area contributed by atoms with E-state index in [2.05, 4.69) is 34.9 Å². The van der Waals surface area contributed by atoms with E-state index in [0.29, 0.717) is 6.54 Å². The van der Waals surface area contributed by atoms with Gasteiger partial charge in [-0.3, -0.25) is 4.79 Å². The van der Waals surface area contributed by atoms with E-state index in [0.717, 1.165) is 19.3 Å². The highest BCUT2D eigenvalue weighted by Crippen LogP contribution is 2.44. The summed E-state index contributed by atoms with van der Waals surface area (Å²) in [5, 5.41) is 23.4. The van der Waals surface area contributed by atoms with Crippen LogP contribution < -0.4 is 10.6 Å². The lowest BCUT2D eigenvalue weighted by Gasteiger charge is -2.17. The molecule has 0 aromatic heterocycles. The van der Waals surface area contributed by atoms with Crippen LogP contribution in [-0.2, 0) is 14.3 Å². The van der Waals surface area contributed by atoms with E-state index in [1.165, 1.54) is 22.3 Å². The Kier molecular flexibility index (Phi) is 8.02. The van der Waals surface area contributed by atoms with Gasteiger partial charge in [-0.1, -0.05) is 48.5 Å². The van der Waals surface area contributed by atoms with E-state index < -0.39 is 18.1 Å². The molecule has 8 nitrogen and oxygen atoms in total. The lowest BCUT2D eigenvalue weighted by atomic mass is 9.98. The van der Waals surface area contributed by atoms with E-state index in [1.54, 1.807) is 0 Å². The number of hydrogen-bond donors (Lipinski definition) is 4. The van der Waals surface area contributed by atoms with Crippen molar-refractivity contribution in [3.63, 3.8) is 0 Å². The average molecular weight is 481 g/mol. The number of carboxylic acids is 1. The Morgan fingerprint density at radius 2 is 1.60 bits per heavy atom. The smallest absolute Gasteiger partial charge is 0.407 e. The number of aliphatic hydroxyl groups is 1. The third kappa shape index (κ3) is 6.00. The molecule has 186 valence electrons. The van der Waals surface area contributed by atoms with Crippen molar-refractivity contribution in [2.45, 2.75) is 44.1 Å². The lowest BCUT2D eigenvalue weighted by Crippen LogP contribution is -2.41. The van der Waals surface area contributed by atoms with E-state index in [9.17, 15) is 14.4 Å². The highest BCUT2D eigenvalue weighted by Gasteiger charge is 2.30. The van der Waals surface area contributed by atoms with Crippen LogP contribution in [0.4, 0.5) is 4.79 Å². The summed E-state index contributed by atoms with van der Waals surface area (Å²) in [7, 11) is 0. The zero-order chi connectivity index (χ0) is 24.8. The van der Waals surface area contributed by atoms with E-state index in [1.807, 2.05) is 24.3 Å². The topological polar surface area (TPSA) is 125 Å². The highest BCUT2D eigenvalue weighted by molar-refractivity contribution is 5.83. The SMILES string of the molecule is O=C(CC1CCC(CNC(=O)OCC2c3ccccc3-c3ccccc32)C1)N[C@@H](CCO)C(=O)O. The Balaban J connectivity index is 1.20. The van der Waals surface area contributed by atoms with Crippen LogP contribution in [0, 0.1) is 11.8 Å². The Hall–Kier alpha value is -3.39. The van der Waals surface area contributed by atoms with Crippen LogP contribution in [0.5, 0.6) is 0 Å². The van der Waals surface area contributed by atoms with Gasteiger partial charge in [0, 0.05) is 31.9 Å². The van der Waals surface area contributed by atoms with E-state index >= 15 is 0 Å². The molecule has 4 N–H and O–H groups in total. The van der Waals surface area contributed by atoms with Crippen molar-refractivity contribution in [2.75, 3.05) is 19.8 Å². The third-order valence-electron chi connectivity index (χ3n) is 7.05. The zero-order valence-electron chi connectivity index (χ0n) is 19.6. The number of carboxylic acid groups (broad SMARTS) is 1. The summed E-state index contributed by atoms with van der Waals surface area (Å²) < 4.78 is 5.59. The lowest BCUT2D eigenvalue weighted by molar-refractivity contribution is -0.142. The Morgan fingerprint density at radius 3 is 2.23 bits per heavy atom. The molecule has 0 saturated heterocycles. The normalized spacial score (nSPS) is 19.5. The highest BCUT2D eigenvalue weighted by atomic mass is 16.5. The fraction of sp³-hybridized carbons (Fsp3) is 0.444. The van der Waals surface area contributed by atoms with Gasteiger partial charge in [-0.25, -0.2) is 9.59 Å². The van der Waals surface area contributed by atoms with Gasteiger partial charge in [0.15, 0.2) is 0 Å². The maximum absolute atomic E-state index is 12.4. The first-order chi connectivity index (χ1) is 17.0. The van der Waals surface area contributed by atoms with Gasteiger partial charge >= 0.3 is 12.1 Å². The van der Waals surface area contributed by atoms with Gasteiger partial charge < -0.3 is 25.6 Å². The molecule has 0 spiro atoms. The van der Waals surface area contributed by atoms with Gasteiger partial charge in [-0.2, -0.15) is 0 Å². The molecule has 0 heterocycles. The minimum Gasteiger partial charge on any atom is -0.480 e. The number of carbonyl (C=O) groups excluding carboxylic acids is 2. The predicted octanol–water partition coefficient (Wildman–Crippen LogP) is 3.28. The first kappa shape index (κ1) is 24.7. The number of hydrogen-bond acceptors (Lipinski definition) is 5. The molecule has 2 amide bonds. The number of aliphatic hydroxyl groups excluding tert-OH is 1. The second kappa shape index (κ2) is 11.4. The molecule has 3 atom stereocenters. The number of aliphatic carboxylic acids is 1. The first-order valence-corrected chi connectivity index (χ1v) is 12.2. The van der Waals surface area contributed by atoms with Gasteiger partial charge in [0.25, 0.3) is 0 Å². The summed E-state index contributed by atoms with van der Waals surface area (Å²) in [6.45, 7) is 0.452. The van der Waals surface area contributed by atoms with Crippen LogP contribution >= 0.6 is 0 Å². The first-order valence-electron chi connectivity index (χ1n) is 12.2. The second-order valence-electron chi connectivity index (χ2n) is 9.43. The van der Waals surface area contributed by atoms with Crippen molar-refractivity contribution < 1.29 is 29.3 Å². The van der Waals surface area contributed by atoms with Gasteiger partial charge in [0.2, 0.25) is 5.91 Å². The van der Waals surface area contributed by atoms with Crippen molar-refractivity contribution >= 4 is 18.0 Å². The molecule has 35 heavy (non-hydrogen) atoms. The summed E-state index contributed by atoms with van der Waals surface area (Å²) in [6.07, 6.45) is 2.31. The minimum absolute atomic E-state index is 0.0155. The van der Waals surface area contributed by atoms with Crippen molar-refractivity contribution in [1.29, 1.82) is 0 Å². The van der Waals surface area contributed by atoms with Crippen LogP contribution in [0.2, 0.25) is 0 Å². The maximum atomic E-state index is 12.4. The number of alkyl carbamates (subject to hydrolysis) is 1. The summed E-state index contributed by atoms with van der Waals surface area (Å²) in [5.41, 5.74) is 4.71. The molecule has 1 saturated carbocycles. The van der Waals surface area contributed by atoms with Crippen molar-refractivity contribution in [3.8, 4) is 11.1 Å². The summed E-state index contributed by atoms with van der Waals surface area (Å²) in [4.78, 5) is 35.8. The zero-order valence-corrected chi connectivity index (χ0v) is 19.6. The number of carbonyl (C=O) groups is 3. The number of benzene rings is 2. The molecule has 0 radical (unpaired) electrons. The molecule has 1 fully saturated rings. The summed E-state index contributed by atoms with van der Waals surface area (Å²) in [6, 6.07) is 15.3. The molecule has 2 unspecified atom stereocenters. The molecule has 4 rings (SSSR count). The third-order valence-corrected chi connectivity index (χ3v) is 7.05. The van der Waals surface area contributed by atoms with Crippen LogP contribution in [0.3, 0.4) is 0 Å². The monoisotopic (exact) mass is 480 g/mol. The molecular formula is C27H32N2O6. The number of fused-ring (bicyclic) bond motifs is 3. The van der Waals surface area contributed by atoms with E-state index in [4.69, 9.17) is 14.9 Å². The largest absolute Gasteiger partial charge is 0.480 e. The summed E-state index contributed by atoms with van der Waals surface area (Å²) >= 11 is 0. The minimum atomic E-state index is -1.15. The number of amides is 2. The Bertz CT molecular complexity index is 1030. The van der Waals surface area contributed by atoms with Crippen LogP contribution in [0.1, 0.15) is 49.1 Å². The van der Waals surface area contributed by atoms with Crippen LogP contribution in [0.15, 0.2) is 48.5 Å². The molecule has 2 aromatic carbocycles. The van der Waals surface area contributed by atoms with E-state index in [-0.39, 0.29) is 49.7 Å². The van der Waals surface area contributed by atoms with Crippen LogP contribution in [-0.4, -0.2) is 54.0 Å². The van der Waals surface area contributed by atoms with Crippen molar-refractivity contribution in [1.82, 2.24) is 10.6 Å². The Morgan fingerprint density at radius 1 is 0.971 bits per heavy atom. The molecular weight excluding hydrogens is 448 g/mol. The number of rotatable bonds is 10. The van der Waals surface area contributed by atoms with Crippen molar-refractivity contribution in [3.05, 3.63) is 59.7 Å². The fourth-order valence-electron chi connectivity index (χ4n) is 5.33. The van der Waals surface area contributed by atoms with Gasteiger partial charge in [0.1, 0.15) is 12.6 Å². The van der Waals surface area contributed by atoms with Gasteiger partial charge in [-0.05, 0) is 53.4 Å². The molecule has 8 heteroatoms. The average Bonchev–Trinajstić information content (AvgIpc) is 3.43. The quantitative estimate of drug-likeness (QED) is 0.414. The summed E-state index contributed by atoms with van der Waals surface area (Å²) in [5.74, 6) is -1.05. The molecule has 2 aliphatic rings. The number of nitrogens with one attached hydrogen (secondary N) is 2. The molecule has 2 aromatic rings. The fourth-order valence-corrected chi connectivity index (χ4v) is 5.33. The molecule has 0 aliphatic heterocycles. The molecule has 0 bridgehead atoms. The van der Waals surface area contributed by atoms with Gasteiger partial charge in [0.05, 0.1) is 0 Å². The Labute approximate surface area is 204 Å². The van der Waals surface area contributed by atoms with Crippen molar-refractivity contribution in [2.24, 2.45) is 11.8 Å². The van der Waals surface area contributed by atoms with Gasteiger partial charge in [-0.15, -0.1) is 0 Å². The maximum Gasteiger partial charge on any atom is 0.407 e. The van der Waals surface area contributed by atoms with Crippen LogP contribution in [0.25, 0.3) is 11.1 Å². The standard InChI is InChI=1S/C27H32N2O6/c30-12-11-24(26(32)33)29-25(31)14-17-9-10-18(13-17)15-28-27(34)35-16-23-21-7-3-1-5-19(21)20-6-2-4-8-22(20)23/h1-8,17-18,23-24,30H,9-16H2,(H,28,34)(H,29,31)(H,32,33)/t17?,18?,24-/m0/s1. The second-order valence-corrected chi connectivity index (χ2v) is 9.43.